The minimum absolute atomic E-state index is 0.419. The van der Waals surface area contributed by atoms with Crippen molar-refractivity contribution in [2.45, 2.75) is 19.8 Å². The summed E-state index contributed by atoms with van der Waals surface area (Å²) in [6.07, 6.45) is 0. The predicted octanol–water partition coefficient (Wildman–Crippen LogP) is 3.09. The molecule has 0 spiro atoms. The lowest BCUT2D eigenvalue weighted by atomic mass is 9.84. The Kier molecular flexibility index (Phi) is 5.08. The van der Waals surface area contributed by atoms with E-state index in [-0.39, 0.29) is 0 Å². The Labute approximate surface area is 141 Å². The third kappa shape index (κ3) is 2.96. The topological polar surface area (TPSA) is 64.6 Å². The number of hydrogen-bond donors (Lipinski definition) is 1. The largest absolute Gasteiger partial charge is 0.466 e. The first kappa shape index (κ1) is 16.8. The molecule has 2 heterocycles. The van der Waals surface area contributed by atoms with Gasteiger partial charge in [0.25, 0.3) is 0 Å². The lowest BCUT2D eigenvalue weighted by Crippen LogP contribution is -2.31. The minimum atomic E-state index is -0.502. The summed E-state index contributed by atoms with van der Waals surface area (Å²) < 4.78 is 10.7. The van der Waals surface area contributed by atoms with Gasteiger partial charge in [-0.2, -0.15) is 0 Å². The van der Waals surface area contributed by atoms with Crippen molar-refractivity contribution in [3.63, 3.8) is 0 Å². The lowest BCUT2D eigenvalue weighted by Gasteiger charge is -2.29. The molecule has 0 aromatic carbocycles. The first-order chi connectivity index (χ1) is 10.4. The van der Waals surface area contributed by atoms with Gasteiger partial charge in [0.05, 0.1) is 31.3 Å². The Balaban J connectivity index is 2.65. The van der Waals surface area contributed by atoms with Crippen molar-refractivity contribution in [2.75, 3.05) is 14.2 Å². The number of halogens is 1. The Morgan fingerprint density at radius 2 is 1.64 bits per heavy atom. The quantitative estimate of drug-likeness (QED) is 0.809. The third-order valence-corrected chi connectivity index (χ3v) is 5.20. The molecule has 0 saturated carbocycles. The van der Waals surface area contributed by atoms with E-state index in [1.54, 1.807) is 13.8 Å². The number of thiophene rings is 1. The van der Waals surface area contributed by atoms with Gasteiger partial charge in [0.2, 0.25) is 0 Å². The first-order valence-electron chi connectivity index (χ1n) is 6.49. The lowest BCUT2D eigenvalue weighted by molar-refractivity contribution is -0.137. The Hall–Kier alpha value is -1.60. The van der Waals surface area contributed by atoms with Crippen molar-refractivity contribution in [3.8, 4) is 0 Å². The molecule has 0 unspecified atom stereocenters. The van der Waals surface area contributed by atoms with Crippen LogP contribution in [0.5, 0.6) is 0 Å². The van der Waals surface area contributed by atoms with Crippen LogP contribution in [0, 0.1) is 0 Å². The second-order valence-electron chi connectivity index (χ2n) is 4.79. The maximum Gasteiger partial charge on any atom is 0.336 e. The van der Waals surface area contributed by atoms with E-state index in [1.165, 1.54) is 25.6 Å². The molecule has 1 aromatic heterocycles. The highest BCUT2D eigenvalue weighted by Gasteiger charge is 2.38. The number of dihydropyridines is 1. The van der Waals surface area contributed by atoms with Crippen LogP contribution < -0.4 is 5.32 Å². The van der Waals surface area contributed by atoms with Crippen LogP contribution in [-0.2, 0) is 19.1 Å². The third-order valence-electron chi connectivity index (χ3n) is 3.44. The minimum Gasteiger partial charge on any atom is -0.466 e. The van der Waals surface area contributed by atoms with E-state index < -0.39 is 17.9 Å². The molecule has 0 radical (unpaired) electrons. The Bertz CT molecular complexity index is 651. The fraction of sp³-hybridized carbons (Fsp3) is 0.333. The van der Waals surface area contributed by atoms with Crippen LogP contribution in [0.3, 0.4) is 0 Å². The fourth-order valence-electron chi connectivity index (χ4n) is 2.52. The van der Waals surface area contributed by atoms with Crippen molar-refractivity contribution >= 4 is 39.2 Å². The zero-order valence-electron chi connectivity index (χ0n) is 12.7. The summed E-state index contributed by atoms with van der Waals surface area (Å²) in [5, 5.41) is 4.98. The van der Waals surface area contributed by atoms with Crippen molar-refractivity contribution in [1.82, 2.24) is 5.32 Å². The second kappa shape index (κ2) is 6.66. The number of carbonyl (C=O) groups excluding carboxylic acids is 2. The molecule has 5 nitrogen and oxygen atoms in total. The molecular weight excluding hydrogens is 370 g/mol. The number of carbonyl (C=O) groups is 2. The van der Waals surface area contributed by atoms with Gasteiger partial charge in [-0.05, 0) is 35.8 Å². The van der Waals surface area contributed by atoms with Gasteiger partial charge in [0.15, 0.2) is 0 Å². The number of nitrogens with one attached hydrogen (secondary N) is 1. The van der Waals surface area contributed by atoms with E-state index >= 15 is 0 Å². The zero-order chi connectivity index (χ0) is 16.4. The Morgan fingerprint density at radius 1 is 1.14 bits per heavy atom. The Morgan fingerprint density at radius 3 is 2.00 bits per heavy atom. The van der Waals surface area contributed by atoms with Gasteiger partial charge >= 0.3 is 11.9 Å². The van der Waals surface area contributed by atoms with Gasteiger partial charge in [0, 0.05) is 26.1 Å². The summed E-state index contributed by atoms with van der Waals surface area (Å²) in [5.74, 6) is -1.43. The molecule has 22 heavy (non-hydrogen) atoms. The summed E-state index contributed by atoms with van der Waals surface area (Å²) >= 11 is 4.87. The molecule has 1 aliphatic heterocycles. The standard InChI is InChI=1S/C15H16BrNO4S/c1-7-11(14(18)20-3)13(10-5-9(16)6-22-10)12(8(2)17-7)15(19)21-4/h5-6,13,17H,1-4H3. The smallest absolute Gasteiger partial charge is 0.336 e. The van der Waals surface area contributed by atoms with E-state index in [9.17, 15) is 9.59 Å². The van der Waals surface area contributed by atoms with E-state index in [4.69, 9.17) is 9.47 Å². The molecule has 7 heteroatoms. The van der Waals surface area contributed by atoms with Crippen LogP contribution in [0.25, 0.3) is 0 Å². The molecule has 0 saturated heterocycles. The second-order valence-corrected chi connectivity index (χ2v) is 6.64. The van der Waals surface area contributed by atoms with E-state index in [2.05, 4.69) is 21.2 Å². The maximum atomic E-state index is 12.2. The van der Waals surface area contributed by atoms with Gasteiger partial charge in [0.1, 0.15) is 0 Å². The normalized spacial score (nSPS) is 15.7. The molecule has 0 aliphatic carbocycles. The number of allylic oxidation sites excluding steroid dienone is 2. The molecule has 118 valence electrons. The highest BCUT2D eigenvalue weighted by Crippen LogP contribution is 2.42. The fourth-order valence-corrected chi connectivity index (χ4v) is 4.08. The van der Waals surface area contributed by atoms with Crippen LogP contribution in [0.2, 0.25) is 0 Å². The van der Waals surface area contributed by atoms with Gasteiger partial charge in [-0.3, -0.25) is 0 Å². The molecule has 2 rings (SSSR count). The monoisotopic (exact) mass is 385 g/mol. The van der Waals surface area contributed by atoms with Crippen molar-refractivity contribution < 1.29 is 19.1 Å². The molecule has 0 atom stereocenters. The summed E-state index contributed by atoms with van der Waals surface area (Å²) in [7, 11) is 2.65. The summed E-state index contributed by atoms with van der Waals surface area (Å²) in [4.78, 5) is 25.3. The molecule has 1 aliphatic rings. The molecule has 1 N–H and O–H groups in total. The van der Waals surface area contributed by atoms with Crippen LogP contribution in [-0.4, -0.2) is 26.2 Å². The summed E-state index contributed by atoms with van der Waals surface area (Å²) in [6.45, 7) is 3.58. The zero-order valence-corrected chi connectivity index (χ0v) is 15.1. The number of ether oxygens (including phenoxy) is 2. The van der Waals surface area contributed by atoms with E-state index in [0.29, 0.717) is 22.5 Å². The SMILES string of the molecule is COC(=O)C1=C(C)NC(C)=C(C(=O)OC)C1c1cc(Br)cs1. The predicted molar refractivity (Wildman–Crippen MR) is 87.3 cm³/mol. The maximum absolute atomic E-state index is 12.2. The van der Waals surface area contributed by atoms with Crippen molar-refractivity contribution in [3.05, 3.63) is 43.3 Å². The van der Waals surface area contributed by atoms with Gasteiger partial charge in [-0.1, -0.05) is 0 Å². The van der Waals surface area contributed by atoms with Crippen LogP contribution in [0.4, 0.5) is 0 Å². The summed E-state index contributed by atoms with van der Waals surface area (Å²) in [6, 6.07) is 1.90. The van der Waals surface area contributed by atoms with Gasteiger partial charge in [-0.25, -0.2) is 9.59 Å². The van der Waals surface area contributed by atoms with E-state index in [0.717, 1.165) is 9.35 Å². The highest BCUT2D eigenvalue weighted by molar-refractivity contribution is 9.10. The average molecular weight is 386 g/mol. The molecule has 1 aromatic rings. The number of esters is 2. The molecule has 0 fully saturated rings. The molecular formula is C15H16BrNO4S. The highest BCUT2D eigenvalue weighted by atomic mass is 79.9. The molecule has 0 bridgehead atoms. The number of hydrogen-bond acceptors (Lipinski definition) is 6. The molecule has 0 amide bonds. The summed E-state index contributed by atoms with van der Waals surface area (Å²) in [5.41, 5.74) is 2.18. The first-order valence-corrected chi connectivity index (χ1v) is 8.17. The van der Waals surface area contributed by atoms with Crippen molar-refractivity contribution in [2.24, 2.45) is 0 Å². The van der Waals surface area contributed by atoms with Crippen LogP contribution in [0.15, 0.2) is 38.5 Å². The average Bonchev–Trinajstić information content (AvgIpc) is 2.91. The van der Waals surface area contributed by atoms with Gasteiger partial charge in [-0.15, -0.1) is 11.3 Å². The number of rotatable bonds is 3. The van der Waals surface area contributed by atoms with Crippen LogP contribution >= 0.6 is 27.3 Å². The van der Waals surface area contributed by atoms with E-state index in [1.807, 2.05) is 11.4 Å². The van der Waals surface area contributed by atoms with Gasteiger partial charge < -0.3 is 14.8 Å². The van der Waals surface area contributed by atoms with Crippen molar-refractivity contribution in [1.29, 1.82) is 0 Å². The van der Waals surface area contributed by atoms with Crippen LogP contribution in [0.1, 0.15) is 24.6 Å². The number of methoxy groups -OCH3 is 2.